The van der Waals surface area contributed by atoms with Crippen LogP contribution >= 0.6 is 0 Å². The van der Waals surface area contributed by atoms with Crippen molar-refractivity contribution in [1.82, 2.24) is 10.2 Å². The summed E-state index contributed by atoms with van der Waals surface area (Å²) < 4.78 is 22.3. The topological polar surface area (TPSA) is 49.4 Å². The SMILES string of the molecule is CCN(CC)CCCNCC(C)S(C)(=O)=O. The molecule has 0 spiro atoms. The molecule has 5 heteroatoms. The standard InChI is InChI=1S/C11H26N2O2S/c1-5-13(6-2)9-7-8-12-10-11(3)16(4,14)15/h11-12H,5-10H2,1-4H3. The maximum absolute atomic E-state index is 11.1. The van der Waals surface area contributed by atoms with Gasteiger partial charge in [-0.3, -0.25) is 0 Å². The first-order chi connectivity index (χ1) is 7.41. The van der Waals surface area contributed by atoms with E-state index in [9.17, 15) is 8.42 Å². The smallest absolute Gasteiger partial charge is 0.151 e. The minimum Gasteiger partial charge on any atom is -0.315 e. The molecule has 0 aliphatic heterocycles. The average Bonchev–Trinajstić information content (AvgIpc) is 2.21. The van der Waals surface area contributed by atoms with E-state index in [0.717, 1.165) is 32.6 Å². The van der Waals surface area contributed by atoms with Gasteiger partial charge in [-0.15, -0.1) is 0 Å². The van der Waals surface area contributed by atoms with E-state index in [2.05, 4.69) is 24.1 Å². The van der Waals surface area contributed by atoms with Crippen molar-refractivity contribution in [3.8, 4) is 0 Å². The molecule has 0 fully saturated rings. The lowest BCUT2D eigenvalue weighted by Crippen LogP contribution is -2.33. The summed E-state index contributed by atoms with van der Waals surface area (Å²) in [6.45, 7) is 10.7. The Kier molecular flexibility index (Phi) is 7.97. The molecule has 0 bridgehead atoms. The van der Waals surface area contributed by atoms with E-state index in [4.69, 9.17) is 0 Å². The molecule has 16 heavy (non-hydrogen) atoms. The molecule has 0 aromatic carbocycles. The van der Waals surface area contributed by atoms with Gasteiger partial charge in [0.15, 0.2) is 9.84 Å². The Morgan fingerprint density at radius 2 is 1.81 bits per heavy atom. The zero-order valence-corrected chi connectivity index (χ0v) is 11.8. The molecule has 0 saturated carbocycles. The lowest BCUT2D eigenvalue weighted by atomic mass is 10.3. The van der Waals surface area contributed by atoms with Crippen LogP contribution in [0.3, 0.4) is 0 Å². The predicted octanol–water partition coefficient (Wildman–Crippen LogP) is 0.741. The molecule has 0 amide bonds. The van der Waals surface area contributed by atoms with Crippen LogP contribution in [0.15, 0.2) is 0 Å². The first-order valence-corrected chi connectivity index (χ1v) is 7.99. The third-order valence-electron chi connectivity index (χ3n) is 2.89. The van der Waals surface area contributed by atoms with Gasteiger partial charge < -0.3 is 10.2 Å². The van der Waals surface area contributed by atoms with E-state index >= 15 is 0 Å². The van der Waals surface area contributed by atoms with Crippen molar-refractivity contribution in [3.05, 3.63) is 0 Å². The zero-order chi connectivity index (χ0) is 12.6. The molecule has 1 atom stereocenters. The van der Waals surface area contributed by atoms with Crippen LogP contribution in [0.4, 0.5) is 0 Å². The van der Waals surface area contributed by atoms with Gasteiger partial charge in [-0.2, -0.15) is 0 Å². The lowest BCUT2D eigenvalue weighted by molar-refractivity contribution is 0.298. The highest BCUT2D eigenvalue weighted by molar-refractivity contribution is 7.91. The fourth-order valence-electron chi connectivity index (χ4n) is 1.42. The maximum Gasteiger partial charge on any atom is 0.151 e. The molecular formula is C11H26N2O2S. The molecule has 0 rings (SSSR count). The number of hydrogen-bond acceptors (Lipinski definition) is 4. The number of hydrogen-bond donors (Lipinski definition) is 1. The maximum atomic E-state index is 11.1. The summed E-state index contributed by atoms with van der Waals surface area (Å²) in [5.74, 6) is 0. The summed E-state index contributed by atoms with van der Waals surface area (Å²) in [4.78, 5) is 2.36. The Balaban J connectivity index is 3.54. The third-order valence-corrected chi connectivity index (χ3v) is 4.51. The first kappa shape index (κ1) is 15.9. The Labute approximate surface area is 100 Å². The number of sulfone groups is 1. The molecule has 98 valence electrons. The first-order valence-electron chi connectivity index (χ1n) is 6.03. The third kappa shape index (κ3) is 7.19. The minimum atomic E-state index is -2.89. The van der Waals surface area contributed by atoms with Crippen molar-refractivity contribution < 1.29 is 8.42 Å². The highest BCUT2D eigenvalue weighted by Gasteiger charge is 2.13. The van der Waals surface area contributed by atoms with Gasteiger partial charge >= 0.3 is 0 Å². The second-order valence-electron chi connectivity index (χ2n) is 4.22. The van der Waals surface area contributed by atoms with Gasteiger partial charge in [0.1, 0.15) is 0 Å². The van der Waals surface area contributed by atoms with Gasteiger partial charge in [0, 0.05) is 12.8 Å². The summed E-state index contributed by atoms with van der Waals surface area (Å²) in [5.41, 5.74) is 0. The molecule has 0 saturated heterocycles. The minimum absolute atomic E-state index is 0.291. The second-order valence-corrected chi connectivity index (χ2v) is 6.69. The van der Waals surface area contributed by atoms with Crippen molar-refractivity contribution >= 4 is 9.84 Å². The normalized spacial score (nSPS) is 14.3. The van der Waals surface area contributed by atoms with Gasteiger partial charge in [0.2, 0.25) is 0 Å². The van der Waals surface area contributed by atoms with Crippen molar-refractivity contribution in [2.24, 2.45) is 0 Å². The van der Waals surface area contributed by atoms with Crippen LogP contribution < -0.4 is 5.32 Å². The highest BCUT2D eigenvalue weighted by atomic mass is 32.2. The van der Waals surface area contributed by atoms with E-state index < -0.39 is 9.84 Å². The van der Waals surface area contributed by atoms with Gasteiger partial charge in [0.25, 0.3) is 0 Å². The summed E-state index contributed by atoms with van der Waals surface area (Å²) in [6.07, 6.45) is 2.35. The highest BCUT2D eigenvalue weighted by Crippen LogP contribution is 1.95. The average molecular weight is 250 g/mol. The van der Waals surface area contributed by atoms with Crippen molar-refractivity contribution in [2.75, 3.05) is 39.0 Å². The summed E-state index contributed by atoms with van der Waals surface area (Å²) in [7, 11) is -2.89. The molecule has 1 unspecified atom stereocenters. The Bertz CT molecular complexity index is 261. The molecule has 0 aromatic heterocycles. The van der Waals surface area contributed by atoms with Crippen LogP contribution in [0.5, 0.6) is 0 Å². The molecule has 4 nitrogen and oxygen atoms in total. The van der Waals surface area contributed by atoms with Crippen molar-refractivity contribution in [3.63, 3.8) is 0 Å². The summed E-state index contributed by atoms with van der Waals surface area (Å²) >= 11 is 0. The van der Waals surface area contributed by atoms with Crippen LogP contribution in [-0.2, 0) is 9.84 Å². The van der Waals surface area contributed by atoms with Crippen LogP contribution in [-0.4, -0.2) is 57.5 Å². The number of rotatable bonds is 9. The Morgan fingerprint density at radius 1 is 1.25 bits per heavy atom. The molecular weight excluding hydrogens is 224 g/mol. The number of nitrogens with zero attached hydrogens (tertiary/aromatic N) is 1. The Morgan fingerprint density at radius 3 is 2.25 bits per heavy atom. The fourth-order valence-corrected chi connectivity index (χ4v) is 1.84. The predicted molar refractivity (Wildman–Crippen MR) is 69.6 cm³/mol. The second kappa shape index (κ2) is 8.03. The summed E-state index contributed by atoms with van der Waals surface area (Å²) in [6, 6.07) is 0. The zero-order valence-electron chi connectivity index (χ0n) is 11.0. The lowest BCUT2D eigenvalue weighted by Gasteiger charge is -2.18. The molecule has 0 radical (unpaired) electrons. The molecule has 0 aromatic rings. The van der Waals surface area contributed by atoms with Crippen LogP contribution in [0, 0.1) is 0 Å². The molecule has 0 heterocycles. The van der Waals surface area contributed by atoms with E-state index in [1.54, 1.807) is 6.92 Å². The summed E-state index contributed by atoms with van der Waals surface area (Å²) in [5, 5.41) is 2.90. The monoisotopic (exact) mass is 250 g/mol. The van der Waals surface area contributed by atoms with E-state index in [1.165, 1.54) is 6.26 Å². The van der Waals surface area contributed by atoms with Crippen LogP contribution in [0.1, 0.15) is 27.2 Å². The quantitative estimate of drug-likeness (QED) is 0.613. The largest absolute Gasteiger partial charge is 0.315 e. The van der Waals surface area contributed by atoms with Crippen molar-refractivity contribution in [2.45, 2.75) is 32.4 Å². The van der Waals surface area contributed by atoms with E-state index in [1.807, 2.05) is 0 Å². The van der Waals surface area contributed by atoms with Gasteiger partial charge in [-0.1, -0.05) is 13.8 Å². The molecule has 1 N–H and O–H groups in total. The molecule has 0 aliphatic rings. The fraction of sp³-hybridized carbons (Fsp3) is 1.00. The number of nitrogens with one attached hydrogen (secondary N) is 1. The van der Waals surface area contributed by atoms with Crippen LogP contribution in [0.2, 0.25) is 0 Å². The van der Waals surface area contributed by atoms with E-state index in [0.29, 0.717) is 6.54 Å². The van der Waals surface area contributed by atoms with Gasteiger partial charge in [-0.05, 0) is 39.5 Å². The van der Waals surface area contributed by atoms with Crippen LogP contribution in [0.25, 0.3) is 0 Å². The van der Waals surface area contributed by atoms with E-state index in [-0.39, 0.29) is 5.25 Å². The Hall–Kier alpha value is -0.130. The van der Waals surface area contributed by atoms with Gasteiger partial charge in [-0.25, -0.2) is 8.42 Å². The van der Waals surface area contributed by atoms with Crippen molar-refractivity contribution in [1.29, 1.82) is 0 Å². The van der Waals surface area contributed by atoms with Gasteiger partial charge in [0.05, 0.1) is 5.25 Å². The molecule has 0 aliphatic carbocycles.